The molecule has 3 rings (SSSR count). The predicted molar refractivity (Wildman–Crippen MR) is 108 cm³/mol. The number of aromatic nitrogens is 1. The lowest BCUT2D eigenvalue weighted by Crippen LogP contribution is -1.95. The molecule has 1 heterocycles. The molecule has 0 aliphatic rings. The lowest BCUT2D eigenvalue weighted by atomic mass is 10.1. The van der Waals surface area contributed by atoms with E-state index in [1.165, 1.54) is 5.56 Å². The predicted octanol–water partition coefficient (Wildman–Crippen LogP) is 4.97. The van der Waals surface area contributed by atoms with Crippen LogP contribution in [0.5, 0.6) is 11.5 Å². The first-order valence-electron chi connectivity index (χ1n) is 8.55. The molecule has 0 aliphatic heterocycles. The third-order valence-corrected chi connectivity index (χ3v) is 5.15. The molecule has 27 heavy (non-hydrogen) atoms. The molecule has 136 valence electrons. The number of methoxy groups -OCH3 is 2. The fourth-order valence-corrected chi connectivity index (χ4v) is 3.66. The molecule has 3 aromatic rings. The van der Waals surface area contributed by atoms with E-state index in [1.807, 2.05) is 48.5 Å². The maximum Gasteiger partial charge on any atom is 0.128 e. The Morgan fingerprint density at radius 1 is 0.963 bits per heavy atom. The highest BCUT2D eigenvalue weighted by molar-refractivity contribution is 7.99. The van der Waals surface area contributed by atoms with E-state index in [1.54, 1.807) is 26.0 Å². The summed E-state index contributed by atoms with van der Waals surface area (Å²) in [7, 11) is 3.31. The summed E-state index contributed by atoms with van der Waals surface area (Å²) in [6, 6.07) is 21.7. The van der Waals surface area contributed by atoms with Crippen molar-refractivity contribution in [3.8, 4) is 28.8 Å². The number of pyridine rings is 1. The van der Waals surface area contributed by atoms with Crippen molar-refractivity contribution in [1.82, 2.24) is 4.98 Å². The van der Waals surface area contributed by atoms with E-state index in [2.05, 4.69) is 18.2 Å². The Morgan fingerprint density at radius 3 is 2.44 bits per heavy atom. The van der Waals surface area contributed by atoms with Gasteiger partial charge in [-0.15, -0.1) is 11.8 Å². The summed E-state index contributed by atoms with van der Waals surface area (Å²) >= 11 is 1.59. The van der Waals surface area contributed by atoms with Crippen LogP contribution in [-0.2, 0) is 6.42 Å². The molecule has 0 atom stereocenters. The summed E-state index contributed by atoms with van der Waals surface area (Å²) in [4.78, 5) is 4.72. The van der Waals surface area contributed by atoms with Crippen LogP contribution in [0.3, 0.4) is 0 Å². The van der Waals surface area contributed by atoms with Crippen LogP contribution in [0.4, 0.5) is 0 Å². The van der Waals surface area contributed by atoms with Gasteiger partial charge >= 0.3 is 0 Å². The van der Waals surface area contributed by atoms with Crippen molar-refractivity contribution in [3.05, 3.63) is 71.8 Å². The van der Waals surface area contributed by atoms with Crippen molar-refractivity contribution in [3.63, 3.8) is 0 Å². The number of aryl methyl sites for hydroxylation is 1. The fraction of sp³-hybridized carbons (Fsp3) is 0.182. The molecule has 0 spiro atoms. The minimum Gasteiger partial charge on any atom is -0.497 e. The average Bonchev–Trinajstić information content (AvgIpc) is 2.74. The van der Waals surface area contributed by atoms with Gasteiger partial charge in [-0.2, -0.15) is 5.26 Å². The summed E-state index contributed by atoms with van der Waals surface area (Å²) in [5, 5.41) is 10.2. The van der Waals surface area contributed by atoms with E-state index in [-0.39, 0.29) is 0 Å². The van der Waals surface area contributed by atoms with E-state index in [0.29, 0.717) is 5.56 Å². The highest BCUT2D eigenvalue weighted by Gasteiger charge is 2.11. The largest absolute Gasteiger partial charge is 0.497 e. The number of hydrogen-bond donors (Lipinski definition) is 0. The minimum absolute atomic E-state index is 0.591. The number of nitrogens with zero attached hydrogens (tertiary/aromatic N) is 2. The van der Waals surface area contributed by atoms with Gasteiger partial charge in [0.05, 0.1) is 25.5 Å². The molecule has 0 saturated heterocycles. The second-order valence-electron chi connectivity index (χ2n) is 5.81. The van der Waals surface area contributed by atoms with Crippen LogP contribution < -0.4 is 9.47 Å². The molecule has 1 aromatic heterocycles. The first-order chi connectivity index (χ1) is 13.2. The quantitative estimate of drug-likeness (QED) is 0.545. The van der Waals surface area contributed by atoms with Crippen LogP contribution >= 0.6 is 11.8 Å². The Bertz CT molecular complexity index is 949. The number of thioether (sulfide) groups is 1. The molecule has 0 radical (unpaired) electrons. The molecule has 2 aromatic carbocycles. The van der Waals surface area contributed by atoms with E-state index in [9.17, 15) is 5.26 Å². The number of ether oxygens (including phenoxy) is 2. The van der Waals surface area contributed by atoms with Gasteiger partial charge in [0.25, 0.3) is 0 Å². The molecule has 5 heteroatoms. The van der Waals surface area contributed by atoms with E-state index < -0.39 is 0 Å². The van der Waals surface area contributed by atoms with E-state index >= 15 is 0 Å². The van der Waals surface area contributed by atoms with Gasteiger partial charge in [0, 0.05) is 11.3 Å². The smallest absolute Gasteiger partial charge is 0.128 e. The Hall–Kier alpha value is -2.97. The van der Waals surface area contributed by atoms with Crippen molar-refractivity contribution >= 4 is 11.8 Å². The van der Waals surface area contributed by atoms with Gasteiger partial charge in [0.15, 0.2) is 0 Å². The van der Waals surface area contributed by atoms with Crippen molar-refractivity contribution in [2.24, 2.45) is 0 Å². The van der Waals surface area contributed by atoms with Crippen LogP contribution in [-0.4, -0.2) is 25.0 Å². The van der Waals surface area contributed by atoms with Crippen molar-refractivity contribution in [2.75, 3.05) is 20.0 Å². The Labute approximate surface area is 163 Å². The summed E-state index contributed by atoms with van der Waals surface area (Å²) < 4.78 is 10.6. The van der Waals surface area contributed by atoms with Crippen molar-refractivity contribution in [1.29, 1.82) is 5.26 Å². The Kier molecular flexibility index (Phi) is 6.35. The fourth-order valence-electron chi connectivity index (χ4n) is 2.70. The topological polar surface area (TPSA) is 55.1 Å². The third kappa shape index (κ3) is 4.60. The summed E-state index contributed by atoms with van der Waals surface area (Å²) in [6.45, 7) is 0. The molecule has 0 fully saturated rings. The second-order valence-corrected chi connectivity index (χ2v) is 6.89. The van der Waals surface area contributed by atoms with Crippen molar-refractivity contribution in [2.45, 2.75) is 11.4 Å². The highest BCUT2D eigenvalue weighted by Crippen LogP contribution is 2.31. The normalized spacial score (nSPS) is 10.3. The third-order valence-electron chi connectivity index (χ3n) is 4.15. The van der Waals surface area contributed by atoms with Gasteiger partial charge in [0.1, 0.15) is 22.6 Å². The summed E-state index contributed by atoms with van der Waals surface area (Å²) in [5.74, 6) is 2.46. The number of para-hydroxylation sites is 1. The Balaban J connectivity index is 1.76. The second kappa shape index (κ2) is 9.11. The van der Waals surface area contributed by atoms with Crippen LogP contribution in [0.15, 0.2) is 65.7 Å². The first kappa shape index (κ1) is 18.8. The van der Waals surface area contributed by atoms with Gasteiger partial charge in [-0.05, 0) is 48.4 Å². The first-order valence-corrected chi connectivity index (χ1v) is 9.54. The molecule has 0 bridgehead atoms. The lowest BCUT2D eigenvalue weighted by Gasteiger charge is -2.10. The van der Waals surface area contributed by atoms with Crippen molar-refractivity contribution < 1.29 is 9.47 Å². The summed E-state index contributed by atoms with van der Waals surface area (Å²) in [5.41, 5.74) is 3.54. The maximum atomic E-state index is 9.41. The van der Waals surface area contributed by atoms with Crippen LogP contribution in [0, 0.1) is 11.3 Å². The Morgan fingerprint density at radius 2 is 1.74 bits per heavy atom. The molecule has 0 N–H and O–H groups in total. The van der Waals surface area contributed by atoms with Gasteiger partial charge in [-0.1, -0.05) is 24.3 Å². The van der Waals surface area contributed by atoms with E-state index in [4.69, 9.17) is 14.5 Å². The van der Waals surface area contributed by atoms with Gasteiger partial charge in [-0.25, -0.2) is 4.98 Å². The van der Waals surface area contributed by atoms with Gasteiger partial charge in [0.2, 0.25) is 0 Å². The monoisotopic (exact) mass is 376 g/mol. The molecule has 0 unspecified atom stereocenters. The standard InChI is InChI=1S/C22H20N2O2S/c1-25-18-10-7-16(8-11-18)13-14-27-22-17(15-23)9-12-20(24-22)19-5-3-4-6-21(19)26-2/h3-12H,13-14H2,1-2H3. The number of benzene rings is 2. The zero-order chi connectivity index (χ0) is 19.1. The zero-order valence-corrected chi connectivity index (χ0v) is 16.1. The van der Waals surface area contributed by atoms with Crippen LogP contribution in [0.2, 0.25) is 0 Å². The zero-order valence-electron chi connectivity index (χ0n) is 15.3. The average molecular weight is 376 g/mol. The number of nitriles is 1. The van der Waals surface area contributed by atoms with Crippen LogP contribution in [0.1, 0.15) is 11.1 Å². The lowest BCUT2D eigenvalue weighted by molar-refractivity contribution is 0.414. The molecule has 4 nitrogen and oxygen atoms in total. The van der Waals surface area contributed by atoms with Crippen LogP contribution in [0.25, 0.3) is 11.3 Å². The van der Waals surface area contributed by atoms with Gasteiger partial charge in [-0.3, -0.25) is 0 Å². The molecular weight excluding hydrogens is 356 g/mol. The molecule has 0 saturated carbocycles. The highest BCUT2D eigenvalue weighted by atomic mass is 32.2. The molecule has 0 aliphatic carbocycles. The number of rotatable bonds is 7. The van der Waals surface area contributed by atoms with Gasteiger partial charge < -0.3 is 9.47 Å². The van der Waals surface area contributed by atoms with E-state index in [0.717, 1.165) is 40.0 Å². The SMILES string of the molecule is COc1ccc(CCSc2nc(-c3ccccc3OC)ccc2C#N)cc1. The summed E-state index contributed by atoms with van der Waals surface area (Å²) in [6.07, 6.45) is 0.889. The number of hydrogen-bond acceptors (Lipinski definition) is 5. The minimum atomic E-state index is 0.591. The molecular formula is C22H20N2O2S. The molecule has 0 amide bonds. The maximum absolute atomic E-state index is 9.41.